The van der Waals surface area contributed by atoms with Gasteiger partial charge in [0.15, 0.2) is 0 Å². The molecule has 2 aliphatic rings. The van der Waals surface area contributed by atoms with Crippen molar-refractivity contribution in [1.29, 1.82) is 0 Å². The van der Waals surface area contributed by atoms with E-state index < -0.39 is 10.0 Å². The van der Waals surface area contributed by atoms with E-state index in [4.69, 9.17) is 0 Å². The van der Waals surface area contributed by atoms with Crippen LogP contribution in [0.1, 0.15) is 50.7 Å². The predicted molar refractivity (Wildman–Crippen MR) is 128 cm³/mol. The molecule has 2 atom stereocenters. The standard InChI is InChI=1S/C24H40N4O3S/c1-19-8-9-20(2)23(18-19)32(30,31)27(13-10-24(29)26-14-11-25-12-15-26)16-17-28-21(3)6-5-7-22(28)4/h8-9,18,21-22,25H,5-7,10-17H2,1-4H3. The number of aryl methyl sites for hydroxylation is 2. The highest BCUT2D eigenvalue weighted by molar-refractivity contribution is 7.89. The summed E-state index contributed by atoms with van der Waals surface area (Å²) in [7, 11) is -3.69. The van der Waals surface area contributed by atoms with Gasteiger partial charge >= 0.3 is 0 Å². The van der Waals surface area contributed by atoms with E-state index in [0.717, 1.165) is 37.1 Å². The van der Waals surface area contributed by atoms with Gasteiger partial charge in [-0.05, 0) is 57.7 Å². The van der Waals surface area contributed by atoms with Crippen LogP contribution in [0.5, 0.6) is 0 Å². The second kappa shape index (κ2) is 11.1. The molecule has 1 aromatic carbocycles. The molecule has 2 unspecified atom stereocenters. The van der Waals surface area contributed by atoms with Crippen LogP contribution in [-0.4, -0.2) is 86.3 Å². The van der Waals surface area contributed by atoms with Gasteiger partial charge in [0.2, 0.25) is 15.9 Å². The first-order valence-electron chi connectivity index (χ1n) is 12.0. The lowest BCUT2D eigenvalue weighted by molar-refractivity contribution is -0.131. The summed E-state index contributed by atoms with van der Waals surface area (Å²) < 4.78 is 28.9. The lowest BCUT2D eigenvalue weighted by atomic mass is 9.98. The number of benzene rings is 1. The molecule has 7 nitrogen and oxygen atoms in total. The Morgan fingerprint density at radius 2 is 1.75 bits per heavy atom. The Morgan fingerprint density at radius 3 is 2.41 bits per heavy atom. The van der Waals surface area contributed by atoms with E-state index in [2.05, 4.69) is 24.1 Å². The minimum Gasteiger partial charge on any atom is -0.340 e. The summed E-state index contributed by atoms with van der Waals surface area (Å²) in [6, 6.07) is 6.45. The van der Waals surface area contributed by atoms with E-state index >= 15 is 0 Å². The van der Waals surface area contributed by atoms with Crippen molar-refractivity contribution in [3.63, 3.8) is 0 Å². The van der Waals surface area contributed by atoms with Gasteiger partial charge in [0.25, 0.3) is 0 Å². The third kappa shape index (κ3) is 6.10. The summed E-state index contributed by atoms with van der Waals surface area (Å²) >= 11 is 0. The van der Waals surface area contributed by atoms with Gasteiger partial charge < -0.3 is 10.2 Å². The fourth-order valence-electron chi connectivity index (χ4n) is 4.91. The molecule has 180 valence electrons. The van der Waals surface area contributed by atoms with Gasteiger partial charge in [0.1, 0.15) is 0 Å². The Labute approximate surface area is 194 Å². The smallest absolute Gasteiger partial charge is 0.243 e. The van der Waals surface area contributed by atoms with Gasteiger partial charge in [-0.25, -0.2) is 8.42 Å². The zero-order valence-electron chi connectivity index (χ0n) is 20.1. The van der Waals surface area contributed by atoms with Crippen molar-refractivity contribution in [3.05, 3.63) is 29.3 Å². The molecule has 2 heterocycles. The van der Waals surface area contributed by atoms with Crippen LogP contribution in [0.15, 0.2) is 23.1 Å². The number of nitrogens with one attached hydrogen (secondary N) is 1. The zero-order chi connectivity index (χ0) is 23.3. The quantitative estimate of drug-likeness (QED) is 0.640. The minimum atomic E-state index is -3.69. The van der Waals surface area contributed by atoms with Gasteiger partial charge in [-0.2, -0.15) is 4.31 Å². The van der Waals surface area contributed by atoms with Gasteiger partial charge in [-0.1, -0.05) is 18.6 Å². The van der Waals surface area contributed by atoms with E-state index in [1.54, 1.807) is 10.4 Å². The molecule has 0 aromatic heterocycles. The van der Waals surface area contributed by atoms with Gasteiger partial charge in [-0.3, -0.25) is 9.69 Å². The number of piperazine rings is 1. The molecular formula is C24H40N4O3S. The van der Waals surface area contributed by atoms with E-state index in [1.807, 2.05) is 30.9 Å². The number of carbonyl (C=O) groups excluding carboxylic acids is 1. The Bertz CT molecular complexity index is 873. The van der Waals surface area contributed by atoms with Crippen molar-refractivity contribution in [2.75, 3.05) is 45.8 Å². The maximum atomic E-state index is 13.7. The van der Waals surface area contributed by atoms with Crippen LogP contribution in [0.25, 0.3) is 0 Å². The molecular weight excluding hydrogens is 424 g/mol. The van der Waals surface area contributed by atoms with Crippen LogP contribution in [0.4, 0.5) is 0 Å². The molecule has 0 bridgehead atoms. The maximum Gasteiger partial charge on any atom is 0.243 e. The third-order valence-electron chi connectivity index (χ3n) is 6.99. The van der Waals surface area contributed by atoms with Crippen LogP contribution in [-0.2, 0) is 14.8 Å². The molecule has 1 amide bonds. The average Bonchev–Trinajstić information content (AvgIpc) is 2.77. The summed E-state index contributed by atoms with van der Waals surface area (Å²) in [6.45, 7) is 12.5. The normalized spacial score (nSPS) is 23.0. The number of likely N-dealkylation sites (tertiary alicyclic amines) is 1. The first-order valence-corrected chi connectivity index (χ1v) is 13.5. The van der Waals surface area contributed by atoms with Crippen LogP contribution in [0.2, 0.25) is 0 Å². The summed E-state index contributed by atoms with van der Waals surface area (Å²) in [5.74, 6) is 0.0346. The number of carbonyl (C=O) groups is 1. The Morgan fingerprint density at radius 1 is 1.09 bits per heavy atom. The van der Waals surface area contributed by atoms with E-state index in [-0.39, 0.29) is 18.9 Å². The Hall–Kier alpha value is -1.48. The van der Waals surface area contributed by atoms with E-state index in [1.165, 1.54) is 6.42 Å². The van der Waals surface area contributed by atoms with Gasteiger partial charge in [0.05, 0.1) is 4.90 Å². The first kappa shape index (κ1) is 25.1. The van der Waals surface area contributed by atoms with Crippen molar-refractivity contribution in [3.8, 4) is 0 Å². The molecule has 2 fully saturated rings. The monoisotopic (exact) mass is 464 g/mol. The van der Waals surface area contributed by atoms with Gasteiger partial charge in [-0.15, -0.1) is 0 Å². The second-order valence-corrected chi connectivity index (χ2v) is 11.3. The summed E-state index contributed by atoms with van der Waals surface area (Å²) in [4.78, 5) is 17.4. The highest BCUT2D eigenvalue weighted by atomic mass is 32.2. The molecule has 0 saturated carbocycles. The number of nitrogens with zero attached hydrogens (tertiary/aromatic N) is 3. The number of amides is 1. The van der Waals surface area contributed by atoms with Crippen LogP contribution < -0.4 is 5.32 Å². The number of hydrogen-bond donors (Lipinski definition) is 1. The van der Waals surface area contributed by atoms with Crippen molar-refractivity contribution in [1.82, 2.24) is 19.4 Å². The van der Waals surface area contributed by atoms with Gasteiger partial charge in [0, 0.05) is 64.3 Å². The Kier molecular flexibility index (Phi) is 8.72. The summed E-state index contributed by atoms with van der Waals surface area (Å²) in [5, 5.41) is 3.25. The van der Waals surface area contributed by atoms with Crippen molar-refractivity contribution < 1.29 is 13.2 Å². The lowest BCUT2D eigenvalue weighted by Crippen LogP contribution is -2.49. The predicted octanol–water partition coefficient (Wildman–Crippen LogP) is 2.38. The first-order chi connectivity index (χ1) is 15.2. The average molecular weight is 465 g/mol. The Balaban J connectivity index is 1.77. The molecule has 0 aliphatic carbocycles. The maximum absolute atomic E-state index is 13.7. The molecule has 0 spiro atoms. The van der Waals surface area contributed by atoms with E-state index in [9.17, 15) is 13.2 Å². The fourth-order valence-corrected chi connectivity index (χ4v) is 6.65. The molecule has 1 aromatic rings. The SMILES string of the molecule is Cc1ccc(C)c(S(=O)(=O)N(CCC(=O)N2CCNCC2)CCN2C(C)CCCC2C)c1. The molecule has 2 saturated heterocycles. The second-order valence-electron chi connectivity index (χ2n) is 9.42. The highest BCUT2D eigenvalue weighted by Crippen LogP contribution is 2.25. The van der Waals surface area contributed by atoms with Crippen LogP contribution in [0, 0.1) is 13.8 Å². The molecule has 8 heteroatoms. The van der Waals surface area contributed by atoms with Crippen LogP contribution in [0.3, 0.4) is 0 Å². The largest absolute Gasteiger partial charge is 0.340 e. The molecule has 3 rings (SSSR count). The summed E-state index contributed by atoms with van der Waals surface area (Å²) in [5.41, 5.74) is 1.66. The van der Waals surface area contributed by atoms with Crippen molar-refractivity contribution >= 4 is 15.9 Å². The molecule has 1 N–H and O–H groups in total. The number of rotatable bonds is 8. The topological polar surface area (TPSA) is 73.0 Å². The molecule has 2 aliphatic heterocycles. The van der Waals surface area contributed by atoms with E-state index in [0.29, 0.717) is 43.2 Å². The number of sulfonamides is 1. The minimum absolute atomic E-state index is 0.0346. The van der Waals surface area contributed by atoms with Crippen LogP contribution >= 0.6 is 0 Å². The molecule has 32 heavy (non-hydrogen) atoms. The summed E-state index contributed by atoms with van der Waals surface area (Å²) in [6.07, 6.45) is 3.74. The van der Waals surface area contributed by atoms with Crippen molar-refractivity contribution in [2.45, 2.75) is 70.4 Å². The third-order valence-corrected chi connectivity index (χ3v) is 9.03. The van der Waals surface area contributed by atoms with Crippen molar-refractivity contribution in [2.24, 2.45) is 0 Å². The lowest BCUT2D eigenvalue weighted by Gasteiger charge is -2.40. The molecule has 0 radical (unpaired) electrons. The number of piperidine rings is 1. The number of hydrogen-bond acceptors (Lipinski definition) is 5. The zero-order valence-corrected chi connectivity index (χ0v) is 21.0. The highest BCUT2D eigenvalue weighted by Gasteiger charge is 2.30. The fraction of sp³-hybridized carbons (Fsp3) is 0.708.